The van der Waals surface area contributed by atoms with Crippen molar-refractivity contribution >= 4 is 27.6 Å². The minimum Gasteiger partial charge on any atom is -0.496 e. The third kappa shape index (κ3) is 2.62. The molecule has 0 aromatic heterocycles. The van der Waals surface area contributed by atoms with Gasteiger partial charge in [-0.3, -0.25) is 0 Å². The Labute approximate surface area is 96.5 Å². The summed E-state index contributed by atoms with van der Waals surface area (Å²) in [5.41, 5.74) is 6.47. The van der Waals surface area contributed by atoms with Gasteiger partial charge in [-0.05, 0) is 35.0 Å². The third-order valence-corrected chi connectivity index (χ3v) is 2.50. The number of hydrogen-bond acceptors (Lipinski definition) is 4. The fraction of sp³-hybridized carbons (Fsp3) is 0.300. The molecule has 0 heterocycles. The lowest BCUT2D eigenvalue weighted by molar-refractivity contribution is 0.0523. The van der Waals surface area contributed by atoms with Crippen LogP contribution in [0, 0.1) is 0 Å². The standard InChI is InChI=1S/C10H12BrNO3/c1-3-15-10(13)6-4-8(12)7(11)5-9(6)14-2/h4-5H,3,12H2,1-2H3. The normalized spacial score (nSPS) is 9.80. The third-order valence-electron chi connectivity index (χ3n) is 1.81. The molecule has 0 fully saturated rings. The van der Waals surface area contributed by atoms with E-state index >= 15 is 0 Å². The molecule has 0 saturated carbocycles. The van der Waals surface area contributed by atoms with Crippen molar-refractivity contribution in [3.63, 3.8) is 0 Å². The van der Waals surface area contributed by atoms with E-state index in [0.717, 1.165) is 0 Å². The number of halogens is 1. The van der Waals surface area contributed by atoms with Crippen LogP contribution in [0.25, 0.3) is 0 Å². The summed E-state index contributed by atoms with van der Waals surface area (Å²) in [6.07, 6.45) is 0. The molecule has 82 valence electrons. The second-order valence-corrected chi connectivity index (χ2v) is 3.65. The molecule has 1 aromatic rings. The van der Waals surface area contributed by atoms with Gasteiger partial charge in [0.2, 0.25) is 0 Å². The second kappa shape index (κ2) is 5.02. The second-order valence-electron chi connectivity index (χ2n) is 2.79. The lowest BCUT2D eigenvalue weighted by Gasteiger charge is -2.09. The molecule has 0 atom stereocenters. The van der Waals surface area contributed by atoms with Crippen LogP contribution < -0.4 is 10.5 Å². The van der Waals surface area contributed by atoms with Gasteiger partial charge >= 0.3 is 5.97 Å². The van der Waals surface area contributed by atoms with Gasteiger partial charge in [-0.15, -0.1) is 0 Å². The Balaban J connectivity index is 3.15. The SMILES string of the molecule is CCOC(=O)c1cc(N)c(Br)cc1OC. The number of ether oxygens (including phenoxy) is 2. The molecular formula is C10H12BrNO3. The zero-order chi connectivity index (χ0) is 11.4. The minimum absolute atomic E-state index is 0.317. The van der Waals surface area contributed by atoms with Crippen LogP contribution in [-0.4, -0.2) is 19.7 Å². The number of carbonyl (C=O) groups is 1. The van der Waals surface area contributed by atoms with Gasteiger partial charge in [0.15, 0.2) is 0 Å². The smallest absolute Gasteiger partial charge is 0.341 e. The van der Waals surface area contributed by atoms with Crippen LogP contribution in [0.4, 0.5) is 5.69 Å². The Morgan fingerprint density at radius 2 is 2.20 bits per heavy atom. The number of benzene rings is 1. The number of rotatable bonds is 3. The molecule has 15 heavy (non-hydrogen) atoms. The summed E-state index contributed by atoms with van der Waals surface area (Å²) >= 11 is 3.25. The van der Waals surface area contributed by atoms with Crippen molar-refractivity contribution < 1.29 is 14.3 Å². The number of methoxy groups -OCH3 is 1. The van der Waals surface area contributed by atoms with E-state index in [9.17, 15) is 4.79 Å². The monoisotopic (exact) mass is 273 g/mol. The zero-order valence-electron chi connectivity index (χ0n) is 8.54. The lowest BCUT2D eigenvalue weighted by Crippen LogP contribution is -2.07. The van der Waals surface area contributed by atoms with Crippen molar-refractivity contribution in [3.05, 3.63) is 22.2 Å². The molecule has 0 amide bonds. The van der Waals surface area contributed by atoms with Gasteiger partial charge in [-0.2, -0.15) is 0 Å². The van der Waals surface area contributed by atoms with Crippen molar-refractivity contribution in [3.8, 4) is 5.75 Å². The zero-order valence-corrected chi connectivity index (χ0v) is 10.1. The predicted molar refractivity (Wildman–Crippen MR) is 61.1 cm³/mol. The molecule has 0 aliphatic heterocycles. The van der Waals surface area contributed by atoms with Gasteiger partial charge < -0.3 is 15.2 Å². The van der Waals surface area contributed by atoms with E-state index in [4.69, 9.17) is 15.2 Å². The van der Waals surface area contributed by atoms with Crippen LogP contribution in [0.15, 0.2) is 16.6 Å². The van der Waals surface area contributed by atoms with E-state index in [-0.39, 0.29) is 0 Å². The molecule has 0 radical (unpaired) electrons. The molecule has 1 rings (SSSR count). The van der Waals surface area contributed by atoms with Gasteiger partial charge in [-0.25, -0.2) is 4.79 Å². The summed E-state index contributed by atoms with van der Waals surface area (Å²) in [6.45, 7) is 2.06. The molecule has 5 heteroatoms. The first-order valence-corrected chi connectivity index (χ1v) is 5.19. The van der Waals surface area contributed by atoms with Gasteiger partial charge in [0, 0.05) is 10.2 Å². The molecule has 0 aliphatic rings. The van der Waals surface area contributed by atoms with Crippen LogP contribution in [0.3, 0.4) is 0 Å². The number of anilines is 1. The maximum atomic E-state index is 11.5. The number of carbonyl (C=O) groups excluding carboxylic acids is 1. The molecule has 4 nitrogen and oxygen atoms in total. The van der Waals surface area contributed by atoms with E-state index in [1.54, 1.807) is 13.0 Å². The van der Waals surface area contributed by atoms with Crippen LogP contribution in [0.2, 0.25) is 0 Å². The molecule has 0 bridgehead atoms. The first kappa shape index (κ1) is 11.8. The van der Waals surface area contributed by atoms with Gasteiger partial charge in [-0.1, -0.05) is 0 Å². The Morgan fingerprint density at radius 3 is 2.73 bits per heavy atom. The molecule has 0 spiro atoms. The average Bonchev–Trinajstić information content (AvgIpc) is 2.21. The van der Waals surface area contributed by atoms with E-state index in [1.807, 2.05) is 0 Å². The van der Waals surface area contributed by atoms with Crippen molar-refractivity contribution in [1.82, 2.24) is 0 Å². The first-order valence-electron chi connectivity index (χ1n) is 4.40. The highest BCUT2D eigenvalue weighted by Crippen LogP contribution is 2.29. The fourth-order valence-corrected chi connectivity index (χ4v) is 1.43. The predicted octanol–water partition coefficient (Wildman–Crippen LogP) is 2.22. The highest BCUT2D eigenvalue weighted by atomic mass is 79.9. The van der Waals surface area contributed by atoms with Crippen molar-refractivity contribution in [2.24, 2.45) is 0 Å². The Hall–Kier alpha value is -1.23. The summed E-state index contributed by atoms with van der Waals surface area (Å²) in [5.74, 6) is 0.00285. The molecule has 1 aromatic carbocycles. The maximum absolute atomic E-state index is 11.5. The summed E-state index contributed by atoms with van der Waals surface area (Å²) in [5, 5.41) is 0. The average molecular weight is 274 g/mol. The maximum Gasteiger partial charge on any atom is 0.341 e. The topological polar surface area (TPSA) is 61.5 Å². The van der Waals surface area contributed by atoms with Crippen LogP contribution in [-0.2, 0) is 4.74 Å². The summed E-state index contributed by atoms with van der Waals surface area (Å²) in [6, 6.07) is 3.17. The number of hydrogen-bond donors (Lipinski definition) is 1. The van der Waals surface area contributed by atoms with Crippen LogP contribution in [0.5, 0.6) is 5.75 Å². The first-order chi connectivity index (χ1) is 7.10. The van der Waals surface area contributed by atoms with E-state index in [1.165, 1.54) is 13.2 Å². The van der Waals surface area contributed by atoms with Crippen LogP contribution >= 0.6 is 15.9 Å². The quantitative estimate of drug-likeness (QED) is 0.678. The molecule has 2 N–H and O–H groups in total. The number of esters is 1. The molecule has 0 aliphatic carbocycles. The lowest BCUT2D eigenvalue weighted by atomic mass is 10.2. The van der Waals surface area contributed by atoms with Crippen molar-refractivity contribution in [2.45, 2.75) is 6.92 Å². The summed E-state index contributed by atoms with van der Waals surface area (Å²) in [7, 11) is 1.49. The highest BCUT2D eigenvalue weighted by Gasteiger charge is 2.15. The van der Waals surface area contributed by atoms with Gasteiger partial charge in [0.05, 0.1) is 13.7 Å². The van der Waals surface area contributed by atoms with Gasteiger partial charge in [0.25, 0.3) is 0 Å². The Kier molecular flexibility index (Phi) is 3.96. The van der Waals surface area contributed by atoms with E-state index < -0.39 is 5.97 Å². The number of nitrogen functional groups attached to an aromatic ring is 1. The summed E-state index contributed by atoms with van der Waals surface area (Å²) < 4.78 is 10.6. The largest absolute Gasteiger partial charge is 0.496 e. The minimum atomic E-state index is -0.437. The van der Waals surface area contributed by atoms with Crippen molar-refractivity contribution in [2.75, 3.05) is 19.5 Å². The fourth-order valence-electron chi connectivity index (χ4n) is 1.11. The Morgan fingerprint density at radius 1 is 1.53 bits per heavy atom. The summed E-state index contributed by atoms with van der Waals surface area (Å²) in [4.78, 5) is 11.5. The van der Waals surface area contributed by atoms with Crippen LogP contribution in [0.1, 0.15) is 17.3 Å². The highest BCUT2D eigenvalue weighted by molar-refractivity contribution is 9.10. The molecular weight excluding hydrogens is 262 g/mol. The molecule has 0 unspecified atom stereocenters. The Bertz CT molecular complexity index is 379. The van der Waals surface area contributed by atoms with E-state index in [0.29, 0.717) is 28.1 Å². The molecule has 0 saturated heterocycles. The number of nitrogens with two attached hydrogens (primary N) is 1. The van der Waals surface area contributed by atoms with Crippen molar-refractivity contribution in [1.29, 1.82) is 0 Å². The van der Waals surface area contributed by atoms with E-state index in [2.05, 4.69) is 15.9 Å². The van der Waals surface area contributed by atoms with Gasteiger partial charge in [0.1, 0.15) is 11.3 Å².